The monoisotopic (exact) mass is 491 g/mol. The number of hydrogen-bond donors (Lipinski definition) is 0. The maximum absolute atomic E-state index is 13.2. The summed E-state index contributed by atoms with van der Waals surface area (Å²) in [6.07, 6.45) is 2.70. The molecule has 1 aliphatic rings. The fourth-order valence-electron chi connectivity index (χ4n) is 3.68. The first-order chi connectivity index (χ1) is 15.8. The number of amides is 1. The molecule has 7 nitrogen and oxygen atoms in total. The van der Waals surface area contributed by atoms with Crippen molar-refractivity contribution >= 4 is 27.5 Å². The number of oxazole rings is 1. The molecule has 0 aliphatic carbocycles. The van der Waals surface area contributed by atoms with Crippen LogP contribution in [0.1, 0.15) is 18.7 Å². The van der Waals surface area contributed by atoms with Crippen LogP contribution in [-0.4, -0.2) is 54.7 Å². The molecule has 0 atom stereocenters. The molecule has 1 aromatic heterocycles. The SMILES string of the molecule is O=C(CCc1ncc(-c2ccc(Cl)cc2)o1)N1CCCN(S(=O)(=O)c2ccc(F)cc2)CC1. The van der Waals surface area contributed by atoms with Crippen LogP contribution >= 0.6 is 11.6 Å². The van der Waals surface area contributed by atoms with Gasteiger partial charge < -0.3 is 9.32 Å². The highest BCUT2D eigenvalue weighted by Gasteiger charge is 2.28. The van der Waals surface area contributed by atoms with Crippen LogP contribution in [-0.2, 0) is 21.2 Å². The van der Waals surface area contributed by atoms with Crippen molar-refractivity contribution in [3.8, 4) is 11.3 Å². The lowest BCUT2D eigenvalue weighted by molar-refractivity contribution is -0.131. The van der Waals surface area contributed by atoms with E-state index in [1.807, 2.05) is 12.1 Å². The minimum Gasteiger partial charge on any atom is -0.441 e. The highest BCUT2D eigenvalue weighted by Crippen LogP contribution is 2.23. The van der Waals surface area contributed by atoms with Crippen LogP contribution in [0, 0.1) is 5.82 Å². The Kier molecular flexibility index (Phi) is 7.11. The molecule has 0 spiro atoms. The molecule has 1 fully saturated rings. The average Bonchev–Trinajstić information content (AvgIpc) is 3.13. The molecule has 1 amide bonds. The standard InChI is InChI=1S/C23H23ClFN3O4S/c24-18-4-2-17(3-5-18)21-16-26-22(32-21)10-11-23(29)27-12-1-13-28(15-14-27)33(30,31)20-8-6-19(25)7-9-20/h2-9,16H,1,10-15H2. The zero-order valence-electron chi connectivity index (χ0n) is 17.8. The summed E-state index contributed by atoms with van der Waals surface area (Å²) >= 11 is 5.91. The third-order valence-electron chi connectivity index (χ3n) is 5.49. The van der Waals surface area contributed by atoms with E-state index in [0.29, 0.717) is 49.1 Å². The van der Waals surface area contributed by atoms with Crippen LogP contribution in [0.5, 0.6) is 0 Å². The Morgan fingerprint density at radius 3 is 2.48 bits per heavy atom. The van der Waals surface area contributed by atoms with E-state index in [9.17, 15) is 17.6 Å². The van der Waals surface area contributed by atoms with E-state index in [0.717, 1.165) is 17.7 Å². The number of carbonyl (C=O) groups is 1. The zero-order chi connectivity index (χ0) is 23.4. The Hall–Kier alpha value is -2.75. The van der Waals surface area contributed by atoms with Crippen molar-refractivity contribution in [2.24, 2.45) is 0 Å². The maximum Gasteiger partial charge on any atom is 0.243 e. The molecule has 10 heteroatoms. The van der Waals surface area contributed by atoms with Gasteiger partial charge in [0.15, 0.2) is 11.7 Å². The van der Waals surface area contributed by atoms with E-state index in [4.69, 9.17) is 16.0 Å². The minimum atomic E-state index is -3.74. The third-order valence-corrected chi connectivity index (χ3v) is 7.66. The molecule has 1 saturated heterocycles. The second-order valence-corrected chi connectivity index (χ2v) is 10.1. The predicted molar refractivity (Wildman–Crippen MR) is 122 cm³/mol. The summed E-state index contributed by atoms with van der Waals surface area (Å²) in [7, 11) is -3.74. The van der Waals surface area contributed by atoms with Crippen molar-refractivity contribution in [1.82, 2.24) is 14.2 Å². The quantitative estimate of drug-likeness (QED) is 0.520. The van der Waals surface area contributed by atoms with Gasteiger partial charge in [-0.1, -0.05) is 11.6 Å². The van der Waals surface area contributed by atoms with Crippen molar-refractivity contribution in [3.05, 3.63) is 71.5 Å². The summed E-state index contributed by atoms with van der Waals surface area (Å²) in [5, 5.41) is 0.630. The molecule has 3 aromatic rings. The zero-order valence-corrected chi connectivity index (χ0v) is 19.4. The van der Waals surface area contributed by atoms with Crippen LogP contribution < -0.4 is 0 Å². The fraction of sp³-hybridized carbons (Fsp3) is 0.304. The van der Waals surface area contributed by atoms with Gasteiger partial charge in [-0.15, -0.1) is 0 Å². The summed E-state index contributed by atoms with van der Waals surface area (Å²) in [5.74, 6) is 0.490. The molecule has 33 heavy (non-hydrogen) atoms. The van der Waals surface area contributed by atoms with Crippen LogP contribution in [0.15, 0.2) is 64.0 Å². The van der Waals surface area contributed by atoms with E-state index in [-0.39, 0.29) is 23.8 Å². The molecule has 0 bridgehead atoms. The molecule has 0 unspecified atom stereocenters. The number of nitrogens with zero attached hydrogens (tertiary/aromatic N) is 3. The summed E-state index contributed by atoms with van der Waals surface area (Å²) in [4.78, 5) is 18.7. The molecule has 0 saturated carbocycles. The number of rotatable bonds is 6. The van der Waals surface area contributed by atoms with E-state index in [1.54, 1.807) is 23.2 Å². The van der Waals surface area contributed by atoms with Crippen molar-refractivity contribution in [1.29, 1.82) is 0 Å². The van der Waals surface area contributed by atoms with Gasteiger partial charge >= 0.3 is 0 Å². The molecular formula is C23H23ClFN3O4S. The fourth-order valence-corrected chi connectivity index (χ4v) is 5.28. The molecule has 2 aromatic carbocycles. The number of sulfonamides is 1. The second kappa shape index (κ2) is 10.0. The number of hydrogen-bond acceptors (Lipinski definition) is 5. The number of aryl methyl sites for hydroxylation is 1. The normalized spacial score (nSPS) is 15.4. The first-order valence-electron chi connectivity index (χ1n) is 10.6. The largest absolute Gasteiger partial charge is 0.441 e. The molecule has 0 N–H and O–H groups in total. The van der Waals surface area contributed by atoms with Crippen LogP contribution in [0.2, 0.25) is 5.02 Å². The second-order valence-electron chi connectivity index (χ2n) is 7.72. The smallest absolute Gasteiger partial charge is 0.243 e. The Balaban J connectivity index is 1.33. The van der Waals surface area contributed by atoms with Gasteiger partial charge in [0.05, 0.1) is 11.1 Å². The number of benzene rings is 2. The van der Waals surface area contributed by atoms with Gasteiger partial charge in [-0.05, 0) is 55.0 Å². The molecule has 1 aliphatic heterocycles. The van der Waals surface area contributed by atoms with Gasteiger partial charge in [-0.2, -0.15) is 4.31 Å². The van der Waals surface area contributed by atoms with Crippen LogP contribution in [0.4, 0.5) is 4.39 Å². The van der Waals surface area contributed by atoms with E-state index >= 15 is 0 Å². The Bertz CT molecular complexity index is 1210. The summed E-state index contributed by atoms with van der Waals surface area (Å²) in [6.45, 7) is 1.25. The Morgan fingerprint density at radius 2 is 1.76 bits per heavy atom. The molecular weight excluding hydrogens is 469 g/mol. The molecule has 4 rings (SSSR count). The lowest BCUT2D eigenvalue weighted by atomic mass is 10.2. The number of aromatic nitrogens is 1. The maximum atomic E-state index is 13.2. The molecule has 0 radical (unpaired) electrons. The van der Waals surface area contributed by atoms with Gasteiger partial charge in [0.1, 0.15) is 5.82 Å². The number of halogens is 2. The minimum absolute atomic E-state index is 0.0454. The van der Waals surface area contributed by atoms with Crippen molar-refractivity contribution in [2.75, 3.05) is 26.2 Å². The third kappa shape index (κ3) is 5.61. The summed E-state index contributed by atoms with van der Waals surface area (Å²) < 4.78 is 45.9. The van der Waals surface area contributed by atoms with Gasteiger partial charge in [0.25, 0.3) is 0 Å². The van der Waals surface area contributed by atoms with Gasteiger partial charge in [0, 0.05) is 49.6 Å². The average molecular weight is 492 g/mol. The number of carbonyl (C=O) groups excluding carboxylic acids is 1. The highest BCUT2D eigenvalue weighted by molar-refractivity contribution is 7.89. The van der Waals surface area contributed by atoms with Crippen molar-refractivity contribution in [2.45, 2.75) is 24.2 Å². The highest BCUT2D eigenvalue weighted by atomic mass is 35.5. The lowest BCUT2D eigenvalue weighted by Gasteiger charge is -2.22. The van der Waals surface area contributed by atoms with Gasteiger partial charge in [-0.3, -0.25) is 4.79 Å². The first kappa shape index (κ1) is 23.4. The van der Waals surface area contributed by atoms with Crippen LogP contribution in [0.25, 0.3) is 11.3 Å². The van der Waals surface area contributed by atoms with E-state index in [2.05, 4.69) is 4.98 Å². The van der Waals surface area contributed by atoms with Crippen molar-refractivity contribution in [3.63, 3.8) is 0 Å². The Labute approximate surface area is 196 Å². The first-order valence-corrected chi connectivity index (χ1v) is 12.4. The Morgan fingerprint density at radius 1 is 1.03 bits per heavy atom. The lowest BCUT2D eigenvalue weighted by Crippen LogP contribution is -2.37. The molecule has 2 heterocycles. The van der Waals surface area contributed by atoms with E-state index < -0.39 is 15.8 Å². The summed E-state index contributed by atoms with van der Waals surface area (Å²) in [5.41, 5.74) is 0.847. The topological polar surface area (TPSA) is 83.7 Å². The van der Waals surface area contributed by atoms with Crippen molar-refractivity contribution < 1.29 is 22.0 Å². The summed E-state index contributed by atoms with van der Waals surface area (Å²) in [6, 6.07) is 12.0. The van der Waals surface area contributed by atoms with Gasteiger partial charge in [0.2, 0.25) is 15.9 Å². The van der Waals surface area contributed by atoms with Gasteiger partial charge in [-0.25, -0.2) is 17.8 Å². The predicted octanol–water partition coefficient (Wildman–Crippen LogP) is 3.99. The van der Waals surface area contributed by atoms with Crippen LogP contribution in [0.3, 0.4) is 0 Å². The van der Waals surface area contributed by atoms with E-state index in [1.165, 1.54) is 16.4 Å². The molecule has 174 valence electrons.